The van der Waals surface area contributed by atoms with E-state index < -0.39 is 0 Å². The molecule has 0 aromatic carbocycles. The van der Waals surface area contributed by atoms with Crippen LogP contribution in [0.1, 0.15) is 49.8 Å². The van der Waals surface area contributed by atoms with Crippen molar-refractivity contribution in [3.05, 3.63) is 29.6 Å². The van der Waals surface area contributed by atoms with Crippen LogP contribution < -0.4 is 0 Å². The van der Waals surface area contributed by atoms with Gasteiger partial charge in [0, 0.05) is 12.2 Å². The molecule has 2 aliphatic rings. The molecule has 0 N–H and O–H groups in total. The van der Waals surface area contributed by atoms with Gasteiger partial charge in [0.15, 0.2) is 0 Å². The highest BCUT2D eigenvalue weighted by atomic mass is 15.2. The fourth-order valence-electron chi connectivity index (χ4n) is 3.79. The summed E-state index contributed by atoms with van der Waals surface area (Å²) in [5.74, 6) is 0. The minimum Gasteiger partial charge on any atom is -0.300 e. The Morgan fingerprint density at radius 2 is 2.00 bits per heavy atom. The Morgan fingerprint density at radius 1 is 1.30 bits per heavy atom. The van der Waals surface area contributed by atoms with Crippen molar-refractivity contribution >= 4 is 0 Å². The number of aromatic nitrogens is 1. The van der Waals surface area contributed by atoms with Crippen LogP contribution >= 0.6 is 0 Å². The highest BCUT2D eigenvalue weighted by Gasteiger charge is 2.40. The molecule has 3 nitrogen and oxygen atoms in total. The van der Waals surface area contributed by atoms with Crippen LogP contribution in [0, 0.1) is 18.3 Å². The molecular formula is C17H23N3. The second-order valence-electron chi connectivity index (χ2n) is 6.39. The molecular weight excluding hydrogens is 246 g/mol. The zero-order chi connectivity index (χ0) is 14.0. The van der Waals surface area contributed by atoms with Crippen molar-refractivity contribution < 1.29 is 0 Å². The molecule has 0 unspecified atom stereocenters. The van der Waals surface area contributed by atoms with Crippen molar-refractivity contribution in [2.24, 2.45) is 0 Å². The van der Waals surface area contributed by atoms with Crippen LogP contribution in [-0.2, 0) is 5.41 Å². The molecule has 2 fully saturated rings. The van der Waals surface area contributed by atoms with Crippen molar-refractivity contribution in [1.29, 1.82) is 5.26 Å². The maximum atomic E-state index is 9.73. The molecule has 1 saturated heterocycles. The SMILES string of the molecule is Cc1ccnc(C2(C#N)CCC(N3CCCC3)CC2)c1. The molecule has 0 bridgehead atoms. The predicted octanol–water partition coefficient (Wildman–Crippen LogP) is 3.19. The highest BCUT2D eigenvalue weighted by Crippen LogP contribution is 2.40. The number of hydrogen-bond acceptors (Lipinski definition) is 3. The third-order valence-corrected chi connectivity index (χ3v) is 5.09. The van der Waals surface area contributed by atoms with E-state index in [0.717, 1.165) is 31.4 Å². The van der Waals surface area contributed by atoms with Gasteiger partial charge >= 0.3 is 0 Å². The average molecular weight is 269 g/mol. The fourth-order valence-corrected chi connectivity index (χ4v) is 3.79. The zero-order valence-electron chi connectivity index (χ0n) is 12.3. The smallest absolute Gasteiger partial charge is 0.0994 e. The van der Waals surface area contributed by atoms with Crippen LogP contribution in [0.4, 0.5) is 0 Å². The first-order chi connectivity index (χ1) is 9.73. The molecule has 0 spiro atoms. The third kappa shape index (κ3) is 2.45. The standard InChI is InChI=1S/C17H23N3/c1-14-6-9-19-16(12-14)17(13-18)7-4-15(5-8-17)20-10-2-3-11-20/h6,9,12,15H,2-5,7-8,10-11H2,1H3. The molecule has 1 aliphatic carbocycles. The van der Waals surface area contributed by atoms with E-state index in [0.29, 0.717) is 6.04 Å². The van der Waals surface area contributed by atoms with E-state index in [1.165, 1.54) is 31.5 Å². The van der Waals surface area contributed by atoms with Crippen LogP contribution in [0.5, 0.6) is 0 Å². The van der Waals surface area contributed by atoms with Gasteiger partial charge in [-0.15, -0.1) is 0 Å². The van der Waals surface area contributed by atoms with Gasteiger partial charge in [-0.25, -0.2) is 0 Å². The number of nitrogens with zero attached hydrogens (tertiary/aromatic N) is 3. The Hall–Kier alpha value is -1.40. The fraction of sp³-hybridized carbons (Fsp3) is 0.647. The van der Waals surface area contributed by atoms with Crippen LogP contribution in [0.15, 0.2) is 18.3 Å². The highest BCUT2D eigenvalue weighted by molar-refractivity contribution is 5.30. The van der Waals surface area contributed by atoms with E-state index in [9.17, 15) is 5.26 Å². The van der Waals surface area contributed by atoms with E-state index in [1.54, 1.807) is 0 Å². The molecule has 1 aromatic heterocycles. The molecule has 2 heterocycles. The first-order valence-electron chi connectivity index (χ1n) is 7.82. The summed E-state index contributed by atoms with van der Waals surface area (Å²) in [4.78, 5) is 7.12. The van der Waals surface area contributed by atoms with Gasteiger partial charge < -0.3 is 4.90 Å². The Balaban J connectivity index is 1.75. The van der Waals surface area contributed by atoms with Gasteiger partial charge in [-0.3, -0.25) is 4.98 Å². The molecule has 0 atom stereocenters. The maximum absolute atomic E-state index is 9.73. The third-order valence-electron chi connectivity index (χ3n) is 5.09. The summed E-state index contributed by atoms with van der Waals surface area (Å²) in [6.07, 6.45) is 8.74. The van der Waals surface area contributed by atoms with Crippen molar-refractivity contribution in [3.8, 4) is 6.07 Å². The number of rotatable bonds is 2. The molecule has 3 rings (SSSR count). The molecule has 3 heteroatoms. The number of nitriles is 1. The van der Waals surface area contributed by atoms with Crippen LogP contribution in [0.2, 0.25) is 0 Å². The molecule has 1 aromatic rings. The first kappa shape index (κ1) is 13.6. The van der Waals surface area contributed by atoms with Gasteiger partial charge in [0.2, 0.25) is 0 Å². The van der Waals surface area contributed by atoms with Gasteiger partial charge in [-0.1, -0.05) is 0 Å². The summed E-state index contributed by atoms with van der Waals surface area (Å²) in [5, 5.41) is 9.73. The van der Waals surface area contributed by atoms with Crippen LogP contribution in [-0.4, -0.2) is 29.0 Å². The second kappa shape index (κ2) is 5.54. The molecule has 1 saturated carbocycles. The number of pyridine rings is 1. The van der Waals surface area contributed by atoms with Gasteiger partial charge in [-0.05, 0) is 76.2 Å². The zero-order valence-corrected chi connectivity index (χ0v) is 12.3. The Morgan fingerprint density at radius 3 is 2.60 bits per heavy atom. The van der Waals surface area contributed by atoms with Crippen molar-refractivity contribution in [2.45, 2.75) is 56.9 Å². The summed E-state index contributed by atoms with van der Waals surface area (Å²) >= 11 is 0. The number of aryl methyl sites for hydroxylation is 1. The first-order valence-corrected chi connectivity index (χ1v) is 7.82. The average Bonchev–Trinajstić information content (AvgIpc) is 3.01. The normalized spacial score (nSPS) is 31.1. The lowest BCUT2D eigenvalue weighted by Gasteiger charge is -2.38. The molecule has 106 valence electrons. The summed E-state index contributed by atoms with van der Waals surface area (Å²) in [5.41, 5.74) is 1.84. The molecule has 20 heavy (non-hydrogen) atoms. The summed E-state index contributed by atoms with van der Waals surface area (Å²) in [6, 6.07) is 7.39. The van der Waals surface area contributed by atoms with E-state index in [4.69, 9.17) is 0 Å². The monoisotopic (exact) mass is 269 g/mol. The van der Waals surface area contributed by atoms with Crippen molar-refractivity contribution in [2.75, 3.05) is 13.1 Å². The number of likely N-dealkylation sites (tertiary alicyclic amines) is 1. The summed E-state index contributed by atoms with van der Waals surface area (Å²) in [7, 11) is 0. The van der Waals surface area contributed by atoms with Gasteiger partial charge in [0.25, 0.3) is 0 Å². The Kier molecular flexibility index (Phi) is 3.76. The summed E-state index contributed by atoms with van der Waals surface area (Å²) < 4.78 is 0. The Bertz CT molecular complexity index is 503. The Labute approximate surface area is 121 Å². The molecule has 0 amide bonds. The van der Waals surface area contributed by atoms with Gasteiger partial charge in [-0.2, -0.15) is 5.26 Å². The maximum Gasteiger partial charge on any atom is 0.0994 e. The quantitative estimate of drug-likeness (QED) is 0.827. The van der Waals surface area contributed by atoms with E-state index in [1.807, 2.05) is 12.3 Å². The minimum atomic E-state index is -0.345. The number of hydrogen-bond donors (Lipinski definition) is 0. The topological polar surface area (TPSA) is 39.9 Å². The predicted molar refractivity (Wildman–Crippen MR) is 79.3 cm³/mol. The van der Waals surface area contributed by atoms with E-state index in [-0.39, 0.29) is 5.41 Å². The molecule has 0 radical (unpaired) electrons. The minimum absolute atomic E-state index is 0.345. The van der Waals surface area contributed by atoms with E-state index >= 15 is 0 Å². The second-order valence-corrected chi connectivity index (χ2v) is 6.39. The van der Waals surface area contributed by atoms with Crippen molar-refractivity contribution in [1.82, 2.24) is 9.88 Å². The van der Waals surface area contributed by atoms with Crippen LogP contribution in [0.3, 0.4) is 0 Å². The van der Waals surface area contributed by atoms with Gasteiger partial charge in [0.1, 0.15) is 0 Å². The lowest BCUT2D eigenvalue weighted by molar-refractivity contribution is 0.164. The largest absolute Gasteiger partial charge is 0.300 e. The van der Waals surface area contributed by atoms with Crippen molar-refractivity contribution in [3.63, 3.8) is 0 Å². The lowest BCUT2D eigenvalue weighted by Crippen LogP contribution is -2.41. The summed E-state index contributed by atoms with van der Waals surface area (Å²) in [6.45, 7) is 4.59. The van der Waals surface area contributed by atoms with Crippen LogP contribution in [0.25, 0.3) is 0 Å². The van der Waals surface area contributed by atoms with Gasteiger partial charge in [0.05, 0.1) is 17.2 Å². The molecule has 1 aliphatic heterocycles. The van der Waals surface area contributed by atoms with E-state index in [2.05, 4.69) is 28.9 Å². The lowest BCUT2D eigenvalue weighted by atomic mass is 9.70.